The summed E-state index contributed by atoms with van der Waals surface area (Å²) in [4.78, 5) is 0. The molecule has 1 unspecified atom stereocenters. The van der Waals surface area contributed by atoms with E-state index in [-0.39, 0.29) is 0 Å². The molecule has 1 heteroatoms. The maximum Gasteiger partial charge on any atom is 0.0214 e. The van der Waals surface area contributed by atoms with Gasteiger partial charge in [-0.15, -0.1) is 0 Å². The predicted octanol–water partition coefficient (Wildman–Crippen LogP) is 4.51. The second kappa shape index (κ2) is 6.55. The highest BCUT2D eigenvalue weighted by Gasteiger charge is 2.05. The van der Waals surface area contributed by atoms with Crippen molar-refractivity contribution >= 4 is 10.8 Å². The number of rotatable bonds is 6. The zero-order valence-corrected chi connectivity index (χ0v) is 11.4. The van der Waals surface area contributed by atoms with Gasteiger partial charge in [-0.05, 0) is 29.2 Å². The molecule has 0 spiro atoms. The van der Waals surface area contributed by atoms with Crippen LogP contribution in [0.5, 0.6) is 0 Å². The van der Waals surface area contributed by atoms with Crippen LogP contribution in [0.15, 0.2) is 42.5 Å². The Morgan fingerprint density at radius 2 is 1.78 bits per heavy atom. The maximum absolute atomic E-state index is 3.68. The van der Waals surface area contributed by atoms with Gasteiger partial charge < -0.3 is 5.32 Å². The molecule has 0 saturated heterocycles. The first-order valence-electron chi connectivity index (χ1n) is 7.05. The number of nitrogens with one attached hydrogen (secondary N) is 1. The van der Waals surface area contributed by atoms with E-state index in [0.29, 0.717) is 6.04 Å². The van der Waals surface area contributed by atoms with E-state index >= 15 is 0 Å². The Kier molecular flexibility index (Phi) is 4.77. The van der Waals surface area contributed by atoms with E-state index in [1.165, 1.54) is 35.6 Å². The molecule has 2 aromatic carbocycles. The van der Waals surface area contributed by atoms with Crippen LogP contribution in [0.2, 0.25) is 0 Å². The summed E-state index contributed by atoms with van der Waals surface area (Å²) in [7, 11) is 0. The largest absolute Gasteiger partial charge is 0.310 e. The fraction of sp³-hybridized carbons (Fsp3) is 0.412. The molecule has 0 aliphatic carbocycles. The van der Waals surface area contributed by atoms with Crippen molar-refractivity contribution in [1.82, 2.24) is 5.32 Å². The predicted molar refractivity (Wildman–Crippen MR) is 79.8 cm³/mol. The molecule has 0 fully saturated rings. The first kappa shape index (κ1) is 13.1. The molecule has 0 saturated carbocycles. The molecule has 0 aliphatic heterocycles. The van der Waals surface area contributed by atoms with Crippen LogP contribution in [0.3, 0.4) is 0 Å². The van der Waals surface area contributed by atoms with Crippen molar-refractivity contribution in [3.63, 3.8) is 0 Å². The topological polar surface area (TPSA) is 12.0 Å². The van der Waals surface area contributed by atoms with Crippen molar-refractivity contribution < 1.29 is 0 Å². The number of hydrogen-bond donors (Lipinski definition) is 1. The molecule has 0 aromatic heterocycles. The standard InChI is InChI=1S/C17H23N/c1-3-8-16(4-2)18-13-15-11-7-10-14-9-5-6-12-17(14)15/h5-7,9-12,16,18H,3-4,8,13H2,1-2H3. The van der Waals surface area contributed by atoms with Gasteiger partial charge in [-0.3, -0.25) is 0 Å². The van der Waals surface area contributed by atoms with Gasteiger partial charge in [0.1, 0.15) is 0 Å². The normalized spacial score (nSPS) is 12.8. The fourth-order valence-corrected chi connectivity index (χ4v) is 2.50. The van der Waals surface area contributed by atoms with Gasteiger partial charge in [-0.25, -0.2) is 0 Å². The Morgan fingerprint density at radius 1 is 1.00 bits per heavy atom. The zero-order chi connectivity index (χ0) is 12.8. The minimum Gasteiger partial charge on any atom is -0.310 e. The van der Waals surface area contributed by atoms with Crippen molar-refractivity contribution in [3.05, 3.63) is 48.0 Å². The average molecular weight is 241 g/mol. The Labute approximate surface area is 110 Å². The smallest absolute Gasteiger partial charge is 0.0214 e. The molecule has 18 heavy (non-hydrogen) atoms. The average Bonchev–Trinajstić information content (AvgIpc) is 2.43. The van der Waals surface area contributed by atoms with Crippen LogP contribution in [0.25, 0.3) is 10.8 Å². The van der Waals surface area contributed by atoms with Crippen molar-refractivity contribution in [2.45, 2.75) is 45.7 Å². The number of benzene rings is 2. The molecule has 0 aliphatic rings. The summed E-state index contributed by atoms with van der Waals surface area (Å²) in [6.45, 7) is 5.48. The lowest BCUT2D eigenvalue weighted by Gasteiger charge is -2.16. The van der Waals surface area contributed by atoms with Crippen LogP contribution >= 0.6 is 0 Å². The molecule has 1 N–H and O–H groups in total. The molecular formula is C17H23N. The first-order valence-corrected chi connectivity index (χ1v) is 7.05. The quantitative estimate of drug-likeness (QED) is 0.784. The number of hydrogen-bond acceptors (Lipinski definition) is 1. The zero-order valence-electron chi connectivity index (χ0n) is 11.4. The fourth-order valence-electron chi connectivity index (χ4n) is 2.50. The second-order valence-corrected chi connectivity index (χ2v) is 4.91. The molecule has 0 radical (unpaired) electrons. The minimum absolute atomic E-state index is 0.647. The molecular weight excluding hydrogens is 218 g/mol. The van der Waals surface area contributed by atoms with Crippen molar-refractivity contribution in [3.8, 4) is 0 Å². The van der Waals surface area contributed by atoms with E-state index in [9.17, 15) is 0 Å². The molecule has 2 aromatic rings. The van der Waals surface area contributed by atoms with Gasteiger partial charge in [0.15, 0.2) is 0 Å². The monoisotopic (exact) mass is 241 g/mol. The molecule has 2 rings (SSSR count). The Balaban J connectivity index is 2.11. The third-order valence-corrected chi connectivity index (χ3v) is 3.59. The van der Waals surface area contributed by atoms with Crippen LogP contribution in [-0.4, -0.2) is 6.04 Å². The van der Waals surface area contributed by atoms with Gasteiger partial charge in [-0.2, -0.15) is 0 Å². The lowest BCUT2D eigenvalue weighted by Crippen LogP contribution is -2.27. The summed E-state index contributed by atoms with van der Waals surface area (Å²) in [6, 6.07) is 15.8. The highest BCUT2D eigenvalue weighted by Crippen LogP contribution is 2.18. The van der Waals surface area contributed by atoms with Crippen LogP contribution in [0, 0.1) is 0 Å². The molecule has 96 valence electrons. The molecule has 0 heterocycles. The number of fused-ring (bicyclic) bond motifs is 1. The SMILES string of the molecule is CCCC(CC)NCc1cccc2ccccc12. The third-order valence-electron chi connectivity index (χ3n) is 3.59. The first-order chi connectivity index (χ1) is 8.85. The van der Waals surface area contributed by atoms with Gasteiger partial charge in [0, 0.05) is 12.6 Å². The summed E-state index contributed by atoms with van der Waals surface area (Å²) in [5.74, 6) is 0. The van der Waals surface area contributed by atoms with E-state index in [1.54, 1.807) is 0 Å². The van der Waals surface area contributed by atoms with Gasteiger partial charge in [0.05, 0.1) is 0 Å². The summed E-state index contributed by atoms with van der Waals surface area (Å²) >= 11 is 0. The van der Waals surface area contributed by atoms with E-state index in [0.717, 1.165) is 6.54 Å². The Bertz CT molecular complexity index is 484. The molecule has 0 bridgehead atoms. The minimum atomic E-state index is 0.647. The van der Waals surface area contributed by atoms with Crippen LogP contribution in [-0.2, 0) is 6.54 Å². The highest BCUT2D eigenvalue weighted by molar-refractivity contribution is 5.85. The molecule has 1 atom stereocenters. The van der Waals surface area contributed by atoms with Gasteiger partial charge in [0.2, 0.25) is 0 Å². The van der Waals surface area contributed by atoms with Crippen molar-refractivity contribution in [2.24, 2.45) is 0 Å². The third kappa shape index (κ3) is 3.11. The van der Waals surface area contributed by atoms with Crippen LogP contribution < -0.4 is 5.32 Å². The van der Waals surface area contributed by atoms with Crippen molar-refractivity contribution in [2.75, 3.05) is 0 Å². The van der Waals surface area contributed by atoms with E-state index < -0.39 is 0 Å². The van der Waals surface area contributed by atoms with E-state index in [1.807, 2.05) is 0 Å². The molecule has 0 amide bonds. The van der Waals surface area contributed by atoms with Crippen LogP contribution in [0.4, 0.5) is 0 Å². The van der Waals surface area contributed by atoms with E-state index in [2.05, 4.69) is 61.6 Å². The summed E-state index contributed by atoms with van der Waals surface area (Å²) < 4.78 is 0. The van der Waals surface area contributed by atoms with Crippen LogP contribution in [0.1, 0.15) is 38.7 Å². The summed E-state index contributed by atoms with van der Waals surface area (Å²) in [5.41, 5.74) is 1.41. The second-order valence-electron chi connectivity index (χ2n) is 4.91. The molecule has 1 nitrogen and oxygen atoms in total. The van der Waals surface area contributed by atoms with Crippen molar-refractivity contribution in [1.29, 1.82) is 0 Å². The Hall–Kier alpha value is -1.34. The van der Waals surface area contributed by atoms with Gasteiger partial charge >= 0.3 is 0 Å². The summed E-state index contributed by atoms with van der Waals surface area (Å²) in [6.07, 6.45) is 3.72. The lowest BCUT2D eigenvalue weighted by molar-refractivity contribution is 0.463. The van der Waals surface area contributed by atoms with E-state index in [4.69, 9.17) is 0 Å². The van der Waals surface area contributed by atoms with Gasteiger partial charge in [-0.1, -0.05) is 62.7 Å². The van der Waals surface area contributed by atoms with Gasteiger partial charge in [0.25, 0.3) is 0 Å². The maximum atomic E-state index is 3.68. The highest BCUT2D eigenvalue weighted by atomic mass is 14.9. The lowest BCUT2D eigenvalue weighted by atomic mass is 10.0. The summed E-state index contributed by atoms with van der Waals surface area (Å²) in [5, 5.41) is 6.39. The Morgan fingerprint density at radius 3 is 2.56 bits per heavy atom.